The van der Waals surface area contributed by atoms with Crippen LogP contribution < -0.4 is 4.74 Å². The van der Waals surface area contributed by atoms with Crippen LogP contribution in [0.25, 0.3) is 10.8 Å². The first-order chi connectivity index (χ1) is 11.6. The number of nitrogens with zero attached hydrogens (tertiary/aromatic N) is 2. The number of carbonyl (C=O) groups is 2. The van der Waals surface area contributed by atoms with Crippen molar-refractivity contribution in [2.75, 3.05) is 32.3 Å². The fourth-order valence-corrected chi connectivity index (χ4v) is 3.59. The molecule has 1 heterocycles. The minimum atomic E-state index is -0.0410. The molecule has 1 saturated heterocycles. The molecule has 0 spiro atoms. The Hall–Kier alpha value is -2.21. The third-order valence-electron chi connectivity index (χ3n) is 4.11. The van der Waals surface area contributed by atoms with Gasteiger partial charge in [-0.25, -0.2) is 0 Å². The van der Waals surface area contributed by atoms with Crippen LogP contribution in [-0.4, -0.2) is 53.9 Å². The van der Waals surface area contributed by atoms with Crippen molar-refractivity contribution >= 4 is 34.3 Å². The van der Waals surface area contributed by atoms with E-state index in [0.717, 1.165) is 22.1 Å². The molecule has 0 atom stereocenters. The Morgan fingerprint density at radius 3 is 2.71 bits per heavy atom. The van der Waals surface area contributed by atoms with Gasteiger partial charge in [-0.2, -0.15) is 0 Å². The standard InChI is InChI=1S/C18H20N2O3S/c1-19(17(21)10-20-12-24-11-18(20)22)9-13-3-4-15-8-16(23-2)6-5-14(15)7-13/h3-8H,9-12H2,1-2H3. The highest BCUT2D eigenvalue weighted by atomic mass is 32.2. The summed E-state index contributed by atoms with van der Waals surface area (Å²) in [5.41, 5.74) is 1.06. The molecule has 1 fully saturated rings. The fourth-order valence-electron chi connectivity index (χ4n) is 2.68. The van der Waals surface area contributed by atoms with E-state index in [1.165, 1.54) is 0 Å². The van der Waals surface area contributed by atoms with Gasteiger partial charge in [-0.15, -0.1) is 11.8 Å². The lowest BCUT2D eigenvalue weighted by Crippen LogP contribution is -2.38. The average molecular weight is 344 g/mol. The highest BCUT2D eigenvalue weighted by Crippen LogP contribution is 2.22. The molecule has 24 heavy (non-hydrogen) atoms. The Morgan fingerprint density at radius 1 is 1.25 bits per heavy atom. The van der Waals surface area contributed by atoms with Gasteiger partial charge in [0, 0.05) is 13.6 Å². The number of benzene rings is 2. The zero-order valence-electron chi connectivity index (χ0n) is 13.8. The van der Waals surface area contributed by atoms with Gasteiger partial charge in [0.1, 0.15) is 12.3 Å². The second-order valence-corrected chi connectivity index (χ2v) is 6.82. The molecular formula is C18H20N2O3S. The van der Waals surface area contributed by atoms with Gasteiger partial charge in [0.15, 0.2) is 0 Å². The summed E-state index contributed by atoms with van der Waals surface area (Å²) < 4.78 is 5.23. The van der Waals surface area contributed by atoms with Crippen LogP contribution in [0.3, 0.4) is 0 Å². The van der Waals surface area contributed by atoms with Gasteiger partial charge in [0.25, 0.3) is 0 Å². The van der Waals surface area contributed by atoms with E-state index in [1.54, 1.807) is 35.7 Å². The molecule has 0 unspecified atom stereocenters. The molecule has 1 aliphatic rings. The Bertz CT molecular complexity index is 778. The molecule has 5 nitrogen and oxygen atoms in total. The predicted molar refractivity (Wildman–Crippen MR) is 96.0 cm³/mol. The van der Waals surface area contributed by atoms with E-state index >= 15 is 0 Å². The summed E-state index contributed by atoms with van der Waals surface area (Å²) in [5, 5.41) is 2.21. The molecule has 2 aromatic rings. The van der Waals surface area contributed by atoms with E-state index < -0.39 is 0 Å². The van der Waals surface area contributed by atoms with E-state index in [9.17, 15) is 9.59 Å². The molecule has 6 heteroatoms. The first-order valence-electron chi connectivity index (χ1n) is 7.73. The molecule has 2 amide bonds. The average Bonchev–Trinajstić information content (AvgIpc) is 2.99. The van der Waals surface area contributed by atoms with Crippen LogP contribution in [0.4, 0.5) is 0 Å². The highest BCUT2D eigenvalue weighted by Gasteiger charge is 2.24. The summed E-state index contributed by atoms with van der Waals surface area (Å²) in [6.07, 6.45) is 0. The first kappa shape index (κ1) is 16.6. The van der Waals surface area contributed by atoms with Crippen LogP contribution in [0.2, 0.25) is 0 Å². The Labute approximate surface area is 145 Å². The van der Waals surface area contributed by atoms with E-state index in [4.69, 9.17) is 4.74 Å². The number of thioether (sulfide) groups is 1. The van der Waals surface area contributed by atoms with Crippen molar-refractivity contribution in [3.8, 4) is 5.75 Å². The van der Waals surface area contributed by atoms with E-state index in [1.807, 2.05) is 30.3 Å². The van der Waals surface area contributed by atoms with Crippen LogP contribution >= 0.6 is 11.8 Å². The minimum absolute atomic E-state index is 0.0410. The highest BCUT2D eigenvalue weighted by molar-refractivity contribution is 8.00. The van der Waals surface area contributed by atoms with Crippen LogP contribution in [-0.2, 0) is 16.1 Å². The molecule has 0 aromatic heterocycles. The molecule has 0 radical (unpaired) electrons. The lowest BCUT2D eigenvalue weighted by Gasteiger charge is -2.21. The minimum Gasteiger partial charge on any atom is -0.497 e. The SMILES string of the molecule is COc1ccc2cc(CN(C)C(=O)CN3CSCC3=O)ccc2c1. The maximum absolute atomic E-state index is 12.3. The molecule has 1 aliphatic heterocycles. The number of carbonyl (C=O) groups excluding carboxylic acids is 2. The lowest BCUT2D eigenvalue weighted by molar-refractivity contribution is -0.137. The smallest absolute Gasteiger partial charge is 0.242 e. The van der Waals surface area contributed by atoms with Crippen molar-refractivity contribution in [3.05, 3.63) is 42.0 Å². The molecule has 0 saturated carbocycles. The number of hydrogen-bond donors (Lipinski definition) is 0. The van der Waals surface area contributed by atoms with Crippen molar-refractivity contribution in [3.63, 3.8) is 0 Å². The molecular weight excluding hydrogens is 324 g/mol. The molecule has 0 aliphatic carbocycles. The number of methoxy groups -OCH3 is 1. The Balaban J connectivity index is 1.67. The second kappa shape index (κ2) is 7.13. The van der Waals surface area contributed by atoms with Crippen molar-refractivity contribution in [2.24, 2.45) is 0 Å². The van der Waals surface area contributed by atoms with Crippen molar-refractivity contribution in [2.45, 2.75) is 6.54 Å². The zero-order valence-corrected chi connectivity index (χ0v) is 14.6. The molecule has 0 bridgehead atoms. The van der Waals surface area contributed by atoms with Crippen molar-refractivity contribution in [1.29, 1.82) is 0 Å². The molecule has 2 aromatic carbocycles. The first-order valence-corrected chi connectivity index (χ1v) is 8.88. The summed E-state index contributed by atoms with van der Waals surface area (Å²) in [6, 6.07) is 12.1. The fraction of sp³-hybridized carbons (Fsp3) is 0.333. The van der Waals surface area contributed by atoms with Gasteiger partial charge in [-0.3, -0.25) is 9.59 Å². The van der Waals surface area contributed by atoms with E-state index in [2.05, 4.69) is 6.07 Å². The van der Waals surface area contributed by atoms with Crippen LogP contribution in [0.1, 0.15) is 5.56 Å². The van der Waals surface area contributed by atoms with Gasteiger partial charge in [-0.1, -0.05) is 18.2 Å². The van der Waals surface area contributed by atoms with Gasteiger partial charge >= 0.3 is 0 Å². The van der Waals surface area contributed by atoms with Crippen LogP contribution in [0, 0.1) is 0 Å². The quantitative estimate of drug-likeness (QED) is 0.835. The van der Waals surface area contributed by atoms with Gasteiger partial charge in [-0.05, 0) is 34.5 Å². The number of amides is 2. The number of rotatable bonds is 5. The summed E-state index contributed by atoms with van der Waals surface area (Å²) in [7, 11) is 3.42. The predicted octanol–water partition coefficient (Wildman–Crippen LogP) is 2.34. The molecule has 126 valence electrons. The van der Waals surface area contributed by atoms with Gasteiger partial charge in [0.2, 0.25) is 11.8 Å². The number of hydrogen-bond acceptors (Lipinski definition) is 4. The van der Waals surface area contributed by atoms with Gasteiger partial charge in [0.05, 0.1) is 18.7 Å². The summed E-state index contributed by atoms with van der Waals surface area (Å²) in [4.78, 5) is 27.2. The third kappa shape index (κ3) is 3.64. The van der Waals surface area contributed by atoms with E-state index in [-0.39, 0.29) is 18.4 Å². The van der Waals surface area contributed by atoms with Gasteiger partial charge < -0.3 is 14.5 Å². The summed E-state index contributed by atoms with van der Waals surface area (Å²) >= 11 is 1.55. The number of fused-ring (bicyclic) bond motifs is 1. The van der Waals surface area contributed by atoms with Crippen molar-refractivity contribution in [1.82, 2.24) is 9.80 Å². The summed E-state index contributed by atoms with van der Waals surface area (Å²) in [5.74, 6) is 1.92. The van der Waals surface area contributed by atoms with Crippen LogP contribution in [0.15, 0.2) is 36.4 Å². The normalized spacial score (nSPS) is 14.2. The molecule has 3 rings (SSSR count). The number of ether oxygens (including phenoxy) is 1. The second-order valence-electron chi connectivity index (χ2n) is 5.87. The Kier molecular flexibility index (Phi) is 4.94. The third-order valence-corrected chi connectivity index (χ3v) is 5.05. The maximum atomic E-state index is 12.3. The van der Waals surface area contributed by atoms with E-state index in [0.29, 0.717) is 18.2 Å². The maximum Gasteiger partial charge on any atom is 0.242 e. The van der Waals surface area contributed by atoms with Crippen molar-refractivity contribution < 1.29 is 14.3 Å². The topological polar surface area (TPSA) is 49.9 Å². The number of likely N-dealkylation sites (N-methyl/N-ethyl adjacent to an activating group) is 1. The Morgan fingerprint density at radius 2 is 2.00 bits per heavy atom. The largest absolute Gasteiger partial charge is 0.497 e. The van der Waals surface area contributed by atoms with Crippen LogP contribution in [0.5, 0.6) is 5.75 Å². The summed E-state index contributed by atoms with van der Waals surface area (Å²) in [6.45, 7) is 0.684. The zero-order chi connectivity index (χ0) is 17.1. The lowest BCUT2D eigenvalue weighted by atomic mass is 10.1. The molecule has 0 N–H and O–H groups in total. The monoisotopic (exact) mass is 344 g/mol.